The molecule has 140 valence electrons. The molecule has 8 nitrogen and oxygen atoms in total. The minimum Gasteiger partial charge on any atom is -0.384 e. The number of ether oxygens (including phenoxy) is 1. The Morgan fingerprint density at radius 1 is 1.35 bits per heavy atom. The predicted octanol–water partition coefficient (Wildman–Crippen LogP) is 1.54. The zero-order chi connectivity index (χ0) is 18.4. The molecule has 1 fully saturated rings. The van der Waals surface area contributed by atoms with Crippen molar-refractivity contribution in [2.24, 2.45) is 0 Å². The van der Waals surface area contributed by atoms with E-state index in [2.05, 4.69) is 15.5 Å². The molecular formula is C18H24N4O4. The molecule has 0 saturated heterocycles. The fourth-order valence-corrected chi connectivity index (χ4v) is 3.12. The van der Waals surface area contributed by atoms with E-state index in [9.17, 15) is 9.59 Å². The van der Waals surface area contributed by atoms with E-state index in [1.807, 2.05) is 0 Å². The molecule has 1 saturated carbocycles. The predicted molar refractivity (Wildman–Crippen MR) is 94.6 cm³/mol. The molecule has 1 aliphatic carbocycles. The third-order valence-electron chi connectivity index (χ3n) is 4.51. The summed E-state index contributed by atoms with van der Waals surface area (Å²) in [6.07, 6.45) is 7.65. The van der Waals surface area contributed by atoms with E-state index in [-0.39, 0.29) is 24.1 Å². The topological polar surface area (TPSA) is 99.3 Å². The average Bonchev–Trinajstić information content (AvgIpc) is 3.11. The summed E-state index contributed by atoms with van der Waals surface area (Å²) in [5, 5.41) is 6.90. The van der Waals surface area contributed by atoms with Crippen molar-refractivity contribution in [1.82, 2.24) is 20.0 Å². The lowest BCUT2D eigenvalue weighted by atomic mass is 9.95. The van der Waals surface area contributed by atoms with E-state index in [0.29, 0.717) is 30.3 Å². The first-order chi connectivity index (χ1) is 12.7. The van der Waals surface area contributed by atoms with Crippen LogP contribution in [0.2, 0.25) is 0 Å². The molecule has 2 aromatic heterocycles. The normalized spacial score (nSPS) is 15.1. The van der Waals surface area contributed by atoms with Gasteiger partial charge in [0.15, 0.2) is 5.82 Å². The largest absolute Gasteiger partial charge is 0.384 e. The number of nitrogens with zero attached hydrogens (tertiary/aromatic N) is 3. The van der Waals surface area contributed by atoms with Gasteiger partial charge in [0, 0.05) is 31.8 Å². The summed E-state index contributed by atoms with van der Waals surface area (Å²) in [5.74, 6) is 0.703. The third kappa shape index (κ3) is 4.78. The number of methoxy groups -OCH3 is 1. The smallest absolute Gasteiger partial charge is 0.259 e. The second-order valence-electron chi connectivity index (χ2n) is 6.54. The summed E-state index contributed by atoms with van der Waals surface area (Å²) in [6.45, 7) is 0.480. The lowest BCUT2D eigenvalue weighted by molar-refractivity contribution is -0.122. The van der Waals surface area contributed by atoms with Crippen LogP contribution < -0.4 is 10.9 Å². The lowest BCUT2D eigenvalue weighted by Gasteiger charge is -2.22. The quantitative estimate of drug-likeness (QED) is 0.804. The maximum atomic E-state index is 12.3. The van der Waals surface area contributed by atoms with Crippen molar-refractivity contribution in [2.45, 2.75) is 51.1 Å². The molecule has 0 atom stereocenters. The van der Waals surface area contributed by atoms with Gasteiger partial charge in [-0.15, -0.1) is 0 Å². The van der Waals surface area contributed by atoms with Gasteiger partial charge in [-0.1, -0.05) is 24.4 Å². The van der Waals surface area contributed by atoms with Crippen LogP contribution in [0.15, 0.2) is 27.6 Å². The van der Waals surface area contributed by atoms with Crippen LogP contribution in [-0.4, -0.2) is 40.4 Å². The first-order valence-corrected chi connectivity index (χ1v) is 8.97. The molecule has 0 aromatic carbocycles. The van der Waals surface area contributed by atoms with Crippen molar-refractivity contribution < 1.29 is 14.1 Å². The van der Waals surface area contributed by atoms with Crippen molar-refractivity contribution in [3.63, 3.8) is 0 Å². The highest BCUT2D eigenvalue weighted by atomic mass is 16.5. The number of rotatable bonds is 7. The monoisotopic (exact) mass is 360 g/mol. The fraction of sp³-hybridized carbons (Fsp3) is 0.556. The molecule has 3 rings (SSSR count). The van der Waals surface area contributed by atoms with Crippen LogP contribution in [0.1, 0.15) is 37.9 Å². The summed E-state index contributed by atoms with van der Waals surface area (Å²) in [6, 6.07) is 3.24. The number of hydrogen-bond acceptors (Lipinski definition) is 6. The standard InChI is InChI=1S/C18H24N4O4/c1-25-10-9-15-20-18(26-21-15)13-7-8-17(24)22(11-13)12-16(23)19-14-5-3-2-4-6-14/h7-8,11,14H,2-6,9-10,12H2,1H3,(H,19,23). The molecule has 26 heavy (non-hydrogen) atoms. The molecule has 2 aromatic rings. The molecule has 8 heteroatoms. The Kier molecular flexibility index (Phi) is 6.17. The van der Waals surface area contributed by atoms with Gasteiger partial charge in [-0.25, -0.2) is 0 Å². The van der Waals surface area contributed by atoms with Crippen LogP contribution in [0.5, 0.6) is 0 Å². The Bertz CT molecular complexity index is 792. The van der Waals surface area contributed by atoms with E-state index in [0.717, 1.165) is 25.7 Å². The number of aromatic nitrogens is 3. The minimum absolute atomic E-state index is 0.0200. The Hall–Kier alpha value is -2.48. The molecular weight excluding hydrogens is 336 g/mol. The summed E-state index contributed by atoms with van der Waals surface area (Å²) < 4.78 is 11.6. The van der Waals surface area contributed by atoms with E-state index >= 15 is 0 Å². The fourth-order valence-electron chi connectivity index (χ4n) is 3.12. The highest BCUT2D eigenvalue weighted by molar-refractivity contribution is 5.76. The van der Waals surface area contributed by atoms with Gasteiger partial charge in [-0.05, 0) is 18.9 Å². The number of amides is 1. The Labute approximate surface area is 151 Å². The summed E-state index contributed by atoms with van der Waals surface area (Å²) >= 11 is 0. The van der Waals surface area contributed by atoms with Crippen LogP contribution in [0.4, 0.5) is 0 Å². The molecule has 1 amide bonds. The molecule has 0 unspecified atom stereocenters. The van der Waals surface area contributed by atoms with Gasteiger partial charge in [0.25, 0.3) is 11.4 Å². The summed E-state index contributed by atoms with van der Waals surface area (Å²) in [4.78, 5) is 28.6. The van der Waals surface area contributed by atoms with Gasteiger partial charge in [-0.2, -0.15) is 4.98 Å². The van der Waals surface area contributed by atoms with Gasteiger partial charge in [-0.3, -0.25) is 9.59 Å². The molecule has 2 heterocycles. The Morgan fingerprint density at radius 2 is 2.15 bits per heavy atom. The number of pyridine rings is 1. The third-order valence-corrected chi connectivity index (χ3v) is 4.51. The Balaban J connectivity index is 1.68. The first-order valence-electron chi connectivity index (χ1n) is 8.97. The van der Waals surface area contributed by atoms with Gasteiger partial charge < -0.3 is 19.1 Å². The van der Waals surface area contributed by atoms with E-state index < -0.39 is 0 Å². The highest BCUT2D eigenvalue weighted by Gasteiger charge is 2.17. The van der Waals surface area contributed by atoms with Crippen LogP contribution in [0.25, 0.3) is 11.5 Å². The molecule has 0 aliphatic heterocycles. The molecule has 0 radical (unpaired) electrons. The van der Waals surface area contributed by atoms with Crippen molar-refractivity contribution in [3.8, 4) is 11.5 Å². The van der Waals surface area contributed by atoms with Crippen molar-refractivity contribution in [3.05, 3.63) is 34.5 Å². The minimum atomic E-state index is -0.244. The second kappa shape index (κ2) is 8.75. The van der Waals surface area contributed by atoms with Gasteiger partial charge >= 0.3 is 0 Å². The van der Waals surface area contributed by atoms with Crippen molar-refractivity contribution >= 4 is 5.91 Å². The molecule has 1 N–H and O–H groups in total. The van der Waals surface area contributed by atoms with Crippen LogP contribution in [0.3, 0.4) is 0 Å². The highest BCUT2D eigenvalue weighted by Crippen LogP contribution is 2.18. The second-order valence-corrected chi connectivity index (χ2v) is 6.54. The summed E-state index contributed by atoms with van der Waals surface area (Å²) in [7, 11) is 1.61. The molecule has 1 aliphatic rings. The van der Waals surface area contributed by atoms with Gasteiger partial charge in [0.05, 0.1) is 12.2 Å². The molecule has 0 bridgehead atoms. The number of carbonyl (C=O) groups excluding carboxylic acids is 1. The van der Waals surface area contributed by atoms with Crippen molar-refractivity contribution in [1.29, 1.82) is 0 Å². The SMILES string of the molecule is COCCc1noc(-c2ccc(=O)n(CC(=O)NC3CCCCC3)c2)n1. The lowest BCUT2D eigenvalue weighted by Crippen LogP contribution is -2.39. The van der Waals surface area contributed by atoms with Crippen molar-refractivity contribution in [2.75, 3.05) is 13.7 Å². The van der Waals surface area contributed by atoms with E-state index in [1.54, 1.807) is 19.4 Å². The summed E-state index contributed by atoms with van der Waals surface area (Å²) in [5.41, 5.74) is 0.359. The average molecular weight is 360 g/mol. The molecule has 0 spiro atoms. The van der Waals surface area contributed by atoms with E-state index in [1.165, 1.54) is 17.1 Å². The number of hydrogen-bond donors (Lipinski definition) is 1. The van der Waals surface area contributed by atoms with Crippen LogP contribution in [0, 0.1) is 0 Å². The zero-order valence-corrected chi connectivity index (χ0v) is 14.9. The van der Waals surface area contributed by atoms with Crippen LogP contribution >= 0.6 is 0 Å². The maximum Gasteiger partial charge on any atom is 0.259 e. The van der Waals surface area contributed by atoms with Crippen LogP contribution in [-0.2, 0) is 22.5 Å². The number of nitrogens with one attached hydrogen (secondary N) is 1. The van der Waals surface area contributed by atoms with Gasteiger partial charge in [0.1, 0.15) is 6.54 Å². The van der Waals surface area contributed by atoms with Gasteiger partial charge in [0.2, 0.25) is 5.91 Å². The maximum absolute atomic E-state index is 12.3. The zero-order valence-electron chi connectivity index (χ0n) is 14.9. The van der Waals surface area contributed by atoms with E-state index in [4.69, 9.17) is 9.26 Å². The number of carbonyl (C=O) groups is 1. The first kappa shape index (κ1) is 18.3. The Morgan fingerprint density at radius 3 is 2.92 bits per heavy atom.